The van der Waals surface area contributed by atoms with Crippen LogP contribution in [0, 0.1) is 11.8 Å². The maximum absolute atomic E-state index is 13.8. The van der Waals surface area contributed by atoms with Crippen LogP contribution < -0.4 is 15.1 Å². The first-order valence-corrected chi connectivity index (χ1v) is 12.3. The highest BCUT2D eigenvalue weighted by molar-refractivity contribution is 7.98. The number of benzene rings is 2. The van der Waals surface area contributed by atoms with Crippen molar-refractivity contribution in [1.82, 2.24) is 5.32 Å². The topological polar surface area (TPSA) is 79.0 Å². The number of amides is 2. The monoisotopic (exact) mass is 467 g/mol. The summed E-state index contributed by atoms with van der Waals surface area (Å²) in [5.74, 6) is -2.06. The zero-order chi connectivity index (χ0) is 23.8. The summed E-state index contributed by atoms with van der Waals surface area (Å²) < 4.78 is 5.20. The standard InChI is InChI=1S/C25H29N3O4S/c1-27(2)17-12-10-16(11-13-17)21-19-20(25(26-21,14-15-33-4)24(31)32-3)23(30)28(22(19)29)18-8-6-5-7-9-18/h5-13,19-21,26H,14-15H2,1-4H3/t19-,20-,21+,25+/m0/s1. The van der Waals surface area contributed by atoms with Gasteiger partial charge in [0.25, 0.3) is 0 Å². The Morgan fingerprint density at radius 3 is 2.33 bits per heavy atom. The van der Waals surface area contributed by atoms with Gasteiger partial charge in [-0.05, 0) is 48.3 Å². The molecule has 1 N–H and O–H groups in total. The molecule has 2 heterocycles. The number of para-hydroxylation sites is 1. The Bertz CT molecular complexity index is 1040. The van der Waals surface area contributed by atoms with Gasteiger partial charge in [0.15, 0.2) is 0 Å². The molecule has 0 aromatic heterocycles. The molecule has 0 saturated carbocycles. The zero-order valence-electron chi connectivity index (χ0n) is 19.3. The molecule has 33 heavy (non-hydrogen) atoms. The van der Waals surface area contributed by atoms with Gasteiger partial charge < -0.3 is 9.64 Å². The van der Waals surface area contributed by atoms with E-state index >= 15 is 0 Å². The van der Waals surface area contributed by atoms with E-state index in [1.165, 1.54) is 12.0 Å². The van der Waals surface area contributed by atoms with Gasteiger partial charge in [0.05, 0.1) is 24.6 Å². The van der Waals surface area contributed by atoms with Crippen LogP contribution in [0.5, 0.6) is 0 Å². The smallest absolute Gasteiger partial charge is 0.326 e. The summed E-state index contributed by atoms with van der Waals surface area (Å²) in [6.07, 6.45) is 2.34. The van der Waals surface area contributed by atoms with Gasteiger partial charge in [0.2, 0.25) is 11.8 Å². The minimum absolute atomic E-state index is 0.291. The van der Waals surface area contributed by atoms with E-state index < -0.39 is 29.4 Å². The van der Waals surface area contributed by atoms with Crippen molar-refractivity contribution in [3.05, 3.63) is 60.2 Å². The summed E-state index contributed by atoms with van der Waals surface area (Å²) >= 11 is 1.59. The molecule has 0 aliphatic carbocycles. The quantitative estimate of drug-likeness (QED) is 0.496. The third kappa shape index (κ3) is 3.81. The lowest BCUT2D eigenvalue weighted by Crippen LogP contribution is -2.56. The van der Waals surface area contributed by atoms with Crippen LogP contribution in [-0.2, 0) is 19.1 Å². The fourth-order valence-corrected chi connectivity index (χ4v) is 5.59. The Kier molecular flexibility index (Phi) is 6.50. The number of methoxy groups -OCH3 is 1. The number of thioether (sulfide) groups is 1. The number of fused-ring (bicyclic) bond motifs is 1. The van der Waals surface area contributed by atoms with Gasteiger partial charge in [0, 0.05) is 25.8 Å². The molecule has 8 heteroatoms. The fourth-order valence-electron chi connectivity index (χ4n) is 5.07. The molecule has 4 rings (SSSR count). The number of anilines is 2. The van der Waals surface area contributed by atoms with Gasteiger partial charge in [-0.3, -0.25) is 19.7 Å². The number of nitrogens with one attached hydrogen (secondary N) is 1. The lowest BCUT2D eigenvalue weighted by atomic mass is 9.78. The molecule has 2 fully saturated rings. The van der Waals surface area contributed by atoms with E-state index in [0.717, 1.165) is 11.3 Å². The van der Waals surface area contributed by atoms with Crippen LogP contribution in [-0.4, -0.2) is 56.5 Å². The number of rotatable bonds is 7. The first-order valence-electron chi connectivity index (χ1n) is 10.9. The molecule has 0 spiro atoms. The second kappa shape index (κ2) is 9.19. The average Bonchev–Trinajstić information content (AvgIpc) is 3.32. The van der Waals surface area contributed by atoms with E-state index in [0.29, 0.717) is 17.9 Å². The van der Waals surface area contributed by atoms with E-state index in [9.17, 15) is 14.4 Å². The lowest BCUT2D eigenvalue weighted by Gasteiger charge is -2.32. The van der Waals surface area contributed by atoms with E-state index in [1.54, 1.807) is 36.0 Å². The zero-order valence-corrected chi connectivity index (χ0v) is 20.1. The molecule has 2 saturated heterocycles. The highest BCUT2D eigenvalue weighted by Gasteiger charge is 2.68. The van der Waals surface area contributed by atoms with Gasteiger partial charge in [-0.2, -0.15) is 11.8 Å². The van der Waals surface area contributed by atoms with Crippen molar-refractivity contribution in [2.45, 2.75) is 18.0 Å². The number of ether oxygens (including phenoxy) is 1. The van der Waals surface area contributed by atoms with Crippen molar-refractivity contribution in [1.29, 1.82) is 0 Å². The van der Waals surface area contributed by atoms with E-state index in [4.69, 9.17) is 4.74 Å². The minimum atomic E-state index is -1.27. The fraction of sp³-hybridized carbons (Fsp3) is 0.400. The Morgan fingerprint density at radius 2 is 1.76 bits per heavy atom. The second-order valence-electron chi connectivity index (χ2n) is 8.66. The number of esters is 1. The SMILES string of the molecule is COC(=O)[C@]1(CCSC)N[C@H](c2ccc(N(C)C)cc2)[C@H]2C(=O)N(c3ccccc3)C(=O)[C@H]21. The van der Waals surface area contributed by atoms with Crippen molar-refractivity contribution in [3.8, 4) is 0 Å². The third-order valence-electron chi connectivity index (χ3n) is 6.69. The van der Waals surface area contributed by atoms with Crippen LogP contribution in [0.2, 0.25) is 0 Å². The summed E-state index contributed by atoms with van der Waals surface area (Å²) in [6.45, 7) is 0. The third-order valence-corrected chi connectivity index (χ3v) is 7.30. The molecule has 0 bridgehead atoms. The summed E-state index contributed by atoms with van der Waals surface area (Å²) in [6, 6.07) is 16.3. The first-order chi connectivity index (χ1) is 15.9. The van der Waals surface area contributed by atoms with Crippen LogP contribution in [0.1, 0.15) is 18.0 Å². The molecule has 7 nitrogen and oxygen atoms in total. The summed E-state index contributed by atoms with van der Waals surface area (Å²) in [7, 11) is 5.25. The Morgan fingerprint density at radius 1 is 1.09 bits per heavy atom. The molecule has 0 radical (unpaired) electrons. The molecule has 2 aliphatic heterocycles. The number of imide groups is 1. The lowest BCUT2D eigenvalue weighted by molar-refractivity contribution is -0.152. The molecule has 2 aromatic rings. The van der Waals surface area contributed by atoms with Crippen molar-refractivity contribution >= 4 is 40.9 Å². The first kappa shape index (κ1) is 23.3. The molecule has 174 valence electrons. The molecule has 2 amide bonds. The van der Waals surface area contributed by atoms with Crippen molar-refractivity contribution in [2.75, 3.05) is 43.0 Å². The van der Waals surface area contributed by atoms with E-state index in [2.05, 4.69) is 5.32 Å². The van der Waals surface area contributed by atoms with Crippen molar-refractivity contribution in [2.24, 2.45) is 11.8 Å². The maximum atomic E-state index is 13.8. The van der Waals surface area contributed by atoms with Gasteiger partial charge in [-0.1, -0.05) is 30.3 Å². The van der Waals surface area contributed by atoms with Crippen LogP contribution in [0.25, 0.3) is 0 Å². The Balaban J connectivity index is 1.83. The van der Waals surface area contributed by atoms with Crippen LogP contribution in [0.3, 0.4) is 0 Å². The van der Waals surface area contributed by atoms with Gasteiger partial charge in [0.1, 0.15) is 5.54 Å². The molecular weight excluding hydrogens is 438 g/mol. The molecule has 4 atom stereocenters. The molecule has 0 unspecified atom stereocenters. The molecular formula is C25H29N3O4S. The van der Waals surface area contributed by atoms with Crippen molar-refractivity contribution < 1.29 is 19.1 Å². The van der Waals surface area contributed by atoms with Gasteiger partial charge in [-0.25, -0.2) is 4.90 Å². The highest BCUT2D eigenvalue weighted by atomic mass is 32.2. The summed E-state index contributed by atoms with van der Waals surface area (Å²) in [4.78, 5) is 43.9. The van der Waals surface area contributed by atoms with Crippen LogP contribution >= 0.6 is 11.8 Å². The van der Waals surface area contributed by atoms with Crippen LogP contribution in [0.4, 0.5) is 11.4 Å². The number of carbonyl (C=O) groups is 3. The number of hydrogen-bond acceptors (Lipinski definition) is 7. The predicted octanol–water partition coefficient (Wildman–Crippen LogP) is 2.87. The Labute approximate surface area is 198 Å². The van der Waals surface area contributed by atoms with Gasteiger partial charge >= 0.3 is 5.97 Å². The largest absolute Gasteiger partial charge is 0.468 e. The summed E-state index contributed by atoms with van der Waals surface area (Å²) in [5, 5.41) is 3.42. The van der Waals surface area contributed by atoms with E-state index in [-0.39, 0.29) is 11.8 Å². The highest BCUT2D eigenvalue weighted by Crippen LogP contribution is 2.51. The number of hydrogen-bond donors (Lipinski definition) is 1. The second-order valence-corrected chi connectivity index (χ2v) is 9.65. The normalized spacial score (nSPS) is 26.4. The molecule has 2 aliphatic rings. The van der Waals surface area contributed by atoms with Gasteiger partial charge in [-0.15, -0.1) is 0 Å². The number of nitrogens with zero attached hydrogens (tertiary/aromatic N) is 2. The van der Waals surface area contributed by atoms with Crippen molar-refractivity contribution in [3.63, 3.8) is 0 Å². The average molecular weight is 468 g/mol. The van der Waals surface area contributed by atoms with Crippen LogP contribution in [0.15, 0.2) is 54.6 Å². The minimum Gasteiger partial charge on any atom is -0.468 e. The summed E-state index contributed by atoms with van der Waals surface area (Å²) in [5.41, 5.74) is 1.13. The predicted molar refractivity (Wildman–Crippen MR) is 130 cm³/mol. The maximum Gasteiger partial charge on any atom is 0.326 e. The van der Waals surface area contributed by atoms with E-state index in [1.807, 2.05) is 55.6 Å². The Hall–Kier alpha value is -2.84. The number of carbonyl (C=O) groups excluding carboxylic acids is 3. The molecule has 2 aromatic carbocycles.